The van der Waals surface area contributed by atoms with Crippen LogP contribution in [0.4, 0.5) is 0 Å². The Kier molecular flexibility index (Phi) is 5.91. The molecular formula is C23H30N6O2. The predicted octanol–water partition coefficient (Wildman–Crippen LogP) is 2.99. The molecule has 0 bridgehead atoms. The summed E-state index contributed by atoms with van der Waals surface area (Å²) >= 11 is 0. The highest BCUT2D eigenvalue weighted by Gasteiger charge is 2.34. The van der Waals surface area contributed by atoms with Crippen molar-refractivity contribution in [2.24, 2.45) is 7.05 Å². The fraction of sp³-hybridized carbons (Fsp3) is 0.478. The van der Waals surface area contributed by atoms with Gasteiger partial charge < -0.3 is 10.4 Å². The predicted molar refractivity (Wildman–Crippen MR) is 118 cm³/mol. The molecule has 0 radical (unpaired) electrons. The van der Waals surface area contributed by atoms with Crippen LogP contribution in [0, 0.1) is 6.92 Å². The van der Waals surface area contributed by atoms with E-state index >= 15 is 0 Å². The average molecular weight is 423 g/mol. The summed E-state index contributed by atoms with van der Waals surface area (Å²) in [6.07, 6.45) is 1.44. The minimum Gasteiger partial charge on any atom is -0.391 e. The molecule has 1 amide bonds. The van der Waals surface area contributed by atoms with E-state index in [1.165, 1.54) is 0 Å². The molecule has 3 atom stereocenters. The van der Waals surface area contributed by atoms with Crippen molar-refractivity contribution < 1.29 is 9.90 Å². The highest BCUT2D eigenvalue weighted by molar-refractivity contribution is 5.92. The molecule has 8 nitrogen and oxygen atoms in total. The first-order chi connectivity index (χ1) is 14.8. The highest BCUT2D eigenvalue weighted by atomic mass is 16.3. The molecule has 1 saturated carbocycles. The Morgan fingerprint density at radius 3 is 2.58 bits per heavy atom. The minimum absolute atomic E-state index is 0.106. The first kappa shape index (κ1) is 21.2. The zero-order valence-electron chi connectivity index (χ0n) is 18.5. The van der Waals surface area contributed by atoms with E-state index in [0.717, 1.165) is 23.5 Å². The molecule has 31 heavy (non-hydrogen) atoms. The second kappa shape index (κ2) is 8.63. The molecular weight excluding hydrogens is 392 g/mol. The van der Waals surface area contributed by atoms with Gasteiger partial charge in [-0.25, -0.2) is 9.67 Å². The summed E-state index contributed by atoms with van der Waals surface area (Å²) in [6, 6.07) is 11.5. The zero-order chi connectivity index (χ0) is 22.1. The number of amides is 1. The monoisotopic (exact) mass is 422 g/mol. The molecule has 1 fully saturated rings. The second-order valence-corrected chi connectivity index (χ2v) is 8.65. The largest absolute Gasteiger partial charge is 0.391 e. The lowest BCUT2D eigenvalue weighted by Gasteiger charge is -2.33. The highest BCUT2D eigenvalue weighted by Crippen LogP contribution is 2.34. The third-order valence-corrected chi connectivity index (χ3v) is 5.91. The molecule has 4 rings (SSSR count). The molecule has 164 valence electrons. The molecule has 1 aliphatic carbocycles. The minimum atomic E-state index is -0.585. The molecule has 2 aromatic heterocycles. The van der Waals surface area contributed by atoms with E-state index in [-0.39, 0.29) is 23.9 Å². The lowest BCUT2D eigenvalue weighted by Crippen LogP contribution is -2.47. The molecule has 0 unspecified atom stereocenters. The van der Waals surface area contributed by atoms with E-state index in [0.29, 0.717) is 24.4 Å². The molecule has 2 N–H and O–H groups in total. The number of aliphatic hydroxyl groups is 1. The summed E-state index contributed by atoms with van der Waals surface area (Å²) in [5, 5.41) is 22.6. The summed E-state index contributed by atoms with van der Waals surface area (Å²) in [5.74, 6) is 1.51. The average Bonchev–Trinajstić information content (AvgIpc) is 3.34. The van der Waals surface area contributed by atoms with Crippen molar-refractivity contribution in [2.45, 2.75) is 64.1 Å². The van der Waals surface area contributed by atoms with Gasteiger partial charge in [-0.15, -0.1) is 0 Å². The van der Waals surface area contributed by atoms with Crippen molar-refractivity contribution in [2.75, 3.05) is 0 Å². The van der Waals surface area contributed by atoms with Crippen LogP contribution in [0.3, 0.4) is 0 Å². The smallest absolute Gasteiger partial charge is 0.269 e. The maximum atomic E-state index is 12.8. The normalized spacial score (nSPS) is 21.4. The van der Waals surface area contributed by atoms with Crippen molar-refractivity contribution >= 4 is 5.91 Å². The van der Waals surface area contributed by atoms with Crippen molar-refractivity contribution in [1.82, 2.24) is 29.9 Å². The van der Waals surface area contributed by atoms with Gasteiger partial charge in [0.05, 0.1) is 17.8 Å². The summed E-state index contributed by atoms with van der Waals surface area (Å²) in [4.78, 5) is 17.7. The van der Waals surface area contributed by atoms with Crippen molar-refractivity contribution in [3.05, 3.63) is 53.6 Å². The number of aryl methyl sites for hydroxylation is 2. The van der Waals surface area contributed by atoms with Crippen molar-refractivity contribution in [1.29, 1.82) is 0 Å². The lowest BCUT2D eigenvalue weighted by atomic mass is 9.83. The third-order valence-electron chi connectivity index (χ3n) is 5.91. The molecule has 0 aliphatic heterocycles. The first-order valence-electron chi connectivity index (χ1n) is 10.8. The van der Waals surface area contributed by atoms with Gasteiger partial charge in [-0.2, -0.15) is 10.2 Å². The summed E-state index contributed by atoms with van der Waals surface area (Å²) in [5.41, 5.74) is 2.26. The van der Waals surface area contributed by atoms with Gasteiger partial charge >= 0.3 is 0 Å². The van der Waals surface area contributed by atoms with Crippen LogP contribution in [0.1, 0.15) is 67.1 Å². The molecule has 3 aromatic rings. The van der Waals surface area contributed by atoms with Gasteiger partial charge in [0.25, 0.3) is 5.91 Å². The van der Waals surface area contributed by atoms with Crippen LogP contribution < -0.4 is 5.32 Å². The fourth-order valence-corrected chi connectivity index (χ4v) is 4.31. The quantitative estimate of drug-likeness (QED) is 0.659. The Morgan fingerprint density at radius 2 is 1.94 bits per heavy atom. The maximum absolute atomic E-state index is 12.8. The van der Waals surface area contributed by atoms with Gasteiger partial charge in [-0.05, 0) is 46.1 Å². The molecule has 0 spiro atoms. The molecule has 1 aliphatic rings. The third kappa shape index (κ3) is 4.39. The number of aliphatic hydroxyl groups excluding tert-OH is 1. The van der Waals surface area contributed by atoms with Gasteiger partial charge in [0, 0.05) is 24.6 Å². The lowest BCUT2D eigenvalue weighted by molar-refractivity contribution is 0.0661. The number of carbonyl (C=O) groups is 1. The van der Waals surface area contributed by atoms with Crippen LogP contribution in [0.15, 0.2) is 36.4 Å². The summed E-state index contributed by atoms with van der Waals surface area (Å²) in [6.45, 7) is 6.04. The van der Waals surface area contributed by atoms with Crippen LogP contribution in [-0.2, 0) is 7.05 Å². The van der Waals surface area contributed by atoms with Gasteiger partial charge in [-0.3, -0.25) is 9.48 Å². The Labute approximate surface area is 182 Å². The Bertz CT molecular complexity index is 1060. The van der Waals surface area contributed by atoms with Crippen LogP contribution in [0.25, 0.3) is 11.4 Å². The number of nitrogens with one attached hydrogen (secondary N) is 1. The summed E-state index contributed by atoms with van der Waals surface area (Å²) in [7, 11) is 1.75. The molecule has 0 saturated heterocycles. The Hall–Kier alpha value is -3.00. The van der Waals surface area contributed by atoms with E-state index in [1.54, 1.807) is 17.8 Å². The van der Waals surface area contributed by atoms with Gasteiger partial charge in [-0.1, -0.05) is 30.3 Å². The maximum Gasteiger partial charge on any atom is 0.269 e. The van der Waals surface area contributed by atoms with Crippen LogP contribution in [-0.4, -0.2) is 47.7 Å². The number of hydrogen-bond acceptors (Lipinski definition) is 5. The number of benzene rings is 1. The summed E-state index contributed by atoms with van der Waals surface area (Å²) < 4.78 is 3.55. The van der Waals surface area contributed by atoms with Crippen LogP contribution >= 0.6 is 0 Å². The Balaban J connectivity index is 1.57. The number of aromatic nitrogens is 5. The van der Waals surface area contributed by atoms with Crippen molar-refractivity contribution in [3.63, 3.8) is 0 Å². The van der Waals surface area contributed by atoms with Crippen LogP contribution in [0.5, 0.6) is 0 Å². The number of hydrogen-bond donors (Lipinski definition) is 2. The topological polar surface area (TPSA) is 97.9 Å². The van der Waals surface area contributed by atoms with Crippen molar-refractivity contribution in [3.8, 4) is 11.4 Å². The number of carbonyl (C=O) groups excluding carboxylic acids is 1. The molecule has 1 aromatic carbocycles. The Morgan fingerprint density at radius 1 is 1.19 bits per heavy atom. The number of nitrogens with zero attached hydrogens (tertiary/aromatic N) is 5. The SMILES string of the molecule is Cc1cc(C(=O)N[C@@H]2C[C@@H](c3nc(-c4ccccc4)nn3C(C)C)CC[C@H]2O)n(C)n1. The molecule has 2 heterocycles. The van der Waals surface area contributed by atoms with E-state index in [2.05, 4.69) is 24.3 Å². The van der Waals surface area contributed by atoms with Gasteiger partial charge in [0.2, 0.25) is 0 Å². The van der Waals surface area contributed by atoms with Crippen LogP contribution in [0.2, 0.25) is 0 Å². The zero-order valence-corrected chi connectivity index (χ0v) is 18.5. The van der Waals surface area contributed by atoms with Gasteiger partial charge in [0.15, 0.2) is 5.82 Å². The fourth-order valence-electron chi connectivity index (χ4n) is 4.31. The second-order valence-electron chi connectivity index (χ2n) is 8.65. The van der Waals surface area contributed by atoms with E-state index in [9.17, 15) is 9.90 Å². The van der Waals surface area contributed by atoms with E-state index < -0.39 is 6.10 Å². The van der Waals surface area contributed by atoms with E-state index in [1.807, 2.05) is 41.9 Å². The standard InChI is InChI=1S/C23H30N6O2/c1-14(2)29-22(25-21(27-29)16-8-6-5-7-9-16)17-10-11-20(30)18(13-17)24-23(31)19-12-15(3)26-28(19)4/h5-9,12,14,17-18,20,30H,10-11,13H2,1-4H3,(H,24,31)/t17-,18+,20+/m0/s1. The first-order valence-corrected chi connectivity index (χ1v) is 10.8. The number of rotatable bonds is 5. The molecule has 8 heteroatoms. The van der Waals surface area contributed by atoms with Gasteiger partial charge in [0.1, 0.15) is 11.5 Å². The van der Waals surface area contributed by atoms with E-state index in [4.69, 9.17) is 10.1 Å².